The quantitative estimate of drug-likeness (QED) is 0.440. The van der Waals surface area contributed by atoms with Gasteiger partial charge in [0.2, 0.25) is 11.1 Å². The fraction of sp³-hybridized carbons (Fsp3) is 0.318. The highest BCUT2D eigenvalue weighted by Crippen LogP contribution is 2.37. The lowest BCUT2D eigenvalue weighted by Gasteiger charge is -2.09. The predicted molar refractivity (Wildman–Crippen MR) is 124 cm³/mol. The number of rotatable bonds is 4. The van der Waals surface area contributed by atoms with E-state index in [4.69, 9.17) is 0 Å². The molecule has 7 nitrogen and oxygen atoms in total. The number of nitrogens with zero attached hydrogens (tertiary/aromatic N) is 4. The maximum Gasteiger partial charge on any atom is 0.235 e. The minimum absolute atomic E-state index is 0.152. The van der Waals surface area contributed by atoms with Gasteiger partial charge < -0.3 is 10.3 Å². The summed E-state index contributed by atoms with van der Waals surface area (Å²) in [5.74, 6) is -0.0224. The molecular formula is C22H20N6OS2. The summed E-state index contributed by atoms with van der Waals surface area (Å²) in [4.78, 5) is 21.6. The Labute approximate surface area is 187 Å². The first-order valence-corrected chi connectivity index (χ1v) is 11.9. The van der Waals surface area contributed by atoms with Crippen LogP contribution < -0.4 is 5.32 Å². The number of amides is 1. The lowest BCUT2D eigenvalue weighted by Crippen LogP contribution is -2.14. The molecule has 4 aromatic rings. The minimum Gasteiger partial charge on any atom is -0.337 e. The molecule has 1 aromatic carbocycles. The first kappa shape index (κ1) is 20.0. The van der Waals surface area contributed by atoms with E-state index in [1.54, 1.807) is 0 Å². The van der Waals surface area contributed by atoms with Crippen LogP contribution in [0.5, 0.6) is 0 Å². The van der Waals surface area contributed by atoms with Gasteiger partial charge >= 0.3 is 0 Å². The topological polar surface area (TPSA) is 107 Å². The molecule has 0 atom stereocenters. The Hall–Kier alpha value is -2.96. The molecule has 1 aliphatic rings. The van der Waals surface area contributed by atoms with Gasteiger partial charge in [0.25, 0.3) is 0 Å². The third kappa shape index (κ3) is 3.66. The van der Waals surface area contributed by atoms with Gasteiger partial charge in [-0.15, -0.1) is 21.5 Å². The van der Waals surface area contributed by atoms with Crippen molar-refractivity contribution in [1.29, 1.82) is 5.26 Å². The molecule has 0 unspecified atom stereocenters. The van der Waals surface area contributed by atoms with Gasteiger partial charge in [-0.05, 0) is 56.7 Å². The zero-order valence-corrected chi connectivity index (χ0v) is 18.8. The van der Waals surface area contributed by atoms with Crippen molar-refractivity contribution in [2.24, 2.45) is 0 Å². The molecule has 9 heteroatoms. The lowest BCUT2D eigenvalue weighted by molar-refractivity contribution is -0.113. The number of hydrogen-bond acceptors (Lipinski definition) is 7. The number of aromatic nitrogens is 4. The van der Waals surface area contributed by atoms with Crippen molar-refractivity contribution >= 4 is 56.1 Å². The summed E-state index contributed by atoms with van der Waals surface area (Å²) in [5, 5.41) is 23.1. The summed E-state index contributed by atoms with van der Waals surface area (Å²) in [5.41, 5.74) is 6.45. The molecule has 0 radical (unpaired) electrons. The molecule has 0 spiro atoms. The first-order valence-electron chi connectivity index (χ1n) is 10.1. The second-order valence-electron chi connectivity index (χ2n) is 7.78. The molecule has 0 aliphatic heterocycles. The van der Waals surface area contributed by atoms with E-state index in [0.717, 1.165) is 58.8 Å². The molecule has 0 fully saturated rings. The van der Waals surface area contributed by atoms with Crippen LogP contribution in [-0.2, 0) is 17.6 Å². The monoisotopic (exact) mass is 448 g/mol. The van der Waals surface area contributed by atoms with Crippen LogP contribution in [-0.4, -0.2) is 31.8 Å². The number of aromatic amines is 1. The number of hydrogen-bond donors (Lipinski definition) is 2. The van der Waals surface area contributed by atoms with Gasteiger partial charge in [-0.25, -0.2) is 4.98 Å². The van der Waals surface area contributed by atoms with Crippen LogP contribution in [0.15, 0.2) is 17.3 Å². The van der Waals surface area contributed by atoms with E-state index < -0.39 is 0 Å². The van der Waals surface area contributed by atoms with E-state index in [9.17, 15) is 10.1 Å². The largest absolute Gasteiger partial charge is 0.337 e. The molecule has 1 amide bonds. The molecule has 156 valence electrons. The fourth-order valence-corrected chi connectivity index (χ4v) is 5.99. The van der Waals surface area contributed by atoms with Crippen molar-refractivity contribution in [1.82, 2.24) is 20.2 Å². The van der Waals surface area contributed by atoms with Crippen LogP contribution in [0, 0.1) is 25.2 Å². The third-order valence-corrected chi connectivity index (χ3v) is 7.56. The van der Waals surface area contributed by atoms with Gasteiger partial charge in [0.15, 0.2) is 5.65 Å². The van der Waals surface area contributed by atoms with Crippen molar-refractivity contribution in [3.05, 3.63) is 39.3 Å². The Kier molecular flexibility index (Phi) is 5.12. The van der Waals surface area contributed by atoms with Gasteiger partial charge in [-0.3, -0.25) is 4.79 Å². The second kappa shape index (κ2) is 7.94. The number of aryl methyl sites for hydroxylation is 3. The Balaban J connectivity index is 1.32. The van der Waals surface area contributed by atoms with Crippen molar-refractivity contribution < 1.29 is 4.79 Å². The number of nitriles is 1. The van der Waals surface area contributed by atoms with Crippen molar-refractivity contribution in [2.45, 2.75) is 44.7 Å². The molecular weight excluding hydrogens is 428 g/mol. The number of carbonyl (C=O) groups excluding carboxylic acids is 1. The molecule has 5 rings (SSSR count). The van der Waals surface area contributed by atoms with E-state index in [1.165, 1.54) is 28.0 Å². The summed E-state index contributed by atoms with van der Waals surface area (Å²) in [6, 6.07) is 6.46. The zero-order valence-electron chi connectivity index (χ0n) is 17.2. The Morgan fingerprint density at radius 3 is 2.97 bits per heavy atom. The van der Waals surface area contributed by atoms with E-state index in [0.29, 0.717) is 21.4 Å². The number of thioether (sulfide) groups is 1. The van der Waals surface area contributed by atoms with Crippen LogP contribution >= 0.6 is 23.1 Å². The summed E-state index contributed by atoms with van der Waals surface area (Å²) >= 11 is 2.76. The molecule has 0 saturated carbocycles. The van der Waals surface area contributed by atoms with Gasteiger partial charge in [0.05, 0.1) is 16.8 Å². The number of carbonyl (C=O) groups is 1. The SMILES string of the molecule is Cc1cc(C)c2[nH]c3nc(SCC(=O)Nc4sc5c(c4C#N)CCCC5)nnc3c2c1. The van der Waals surface area contributed by atoms with E-state index in [2.05, 4.69) is 57.5 Å². The highest BCUT2D eigenvalue weighted by molar-refractivity contribution is 7.99. The van der Waals surface area contributed by atoms with Gasteiger partial charge in [0, 0.05) is 10.3 Å². The Morgan fingerprint density at radius 2 is 2.13 bits per heavy atom. The zero-order chi connectivity index (χ0) is 21.5. The summed E-state index contributed by atoms with van der Waals surface area (Å²) in [6.45, 7) is 4.10. The number of anilines is 1. The smallest absolute Gasteiger partial charge is 0.235 e. The average molecular weight is 449 g/mol. The van der Waals surface area contributed by atoms with Crippen LogP contribution in [0.1, 0.15) is 40.0 Å². The number of nitrogens with one attached hydrogen (secondary N) is 2. The first-order chi connectivity index (χ1) is 15.0. The number of thiophene rings is 1. The van der Waals surface area contributed by atoms with E-state index in [1.807, 2.05) is 0 Å². The highest BCUT2D eigenvalue weighted by atomic mass is 32.2. The number of benzene rings is 1. The maximum atomic E-state index is 12.5. The Morgan fingerprint density at radius 1 is 1.29 bits per heavy atom. The van der Waals surface area contributed by atoms with E-state index >= 15 is 0 Å². The minimum atomic E-state index is -0.174. The molecule has 0 bridgehead atoms. The lowest BCUT2D eigenvalue weighted by atomic mass is 9.96. The molecule has 31 heavy (non-hydrogen) atoms. The second-order valence-corrected chi connectivity index (χ2v) is 9.83. The molecule has 3 aromatic heterocycles. The maximum absolute atomic E-state index is 12.5. The van der Waals surface area contributed by atoms with Crippen molar-refractivity contribution in [2.75, 3.05) is 11.1 Å². The predicted octanol–water partition coefficient (Wildman–Crippen LogP) is 4.67. The molecule has 3 heterocycles. The molecule has 1 aliphatic carbocycles. The molecule has 0 saturated heterocycles. The van der Waals surface area contributed by atoms with Crippen LogP contribution in [0.4, 0.5) is 5.00 Å². The fourth-order valence-electron chi connectivity index (χ4n) is 4.14. The van der Waals surface area contributed by atoms with Crippen LogP contribution in [0.2, 0.25) is 0 Å². The van der Waals surface area contributed by atoms with Crippen LogP contribution in [0.25, 0.3) is 22.1 Å². The number of fused-ring (bicyclic) bond motifs is 4. The summed E-state index contributed by atoms with van der Waals surface area (Å²) < 4.78 is 0. The van der Waals surface area contributed by atoms with Crippen molar-refractivity contribution in [3.8, 4) is 6.07 Å². The van der Waals surface area contributed by atoms with Crippen molar-refractivity contribution in [3.63, 3.8) is 0 Å². The molecule has 2 N–H and O–H groups in total. The number of H-pyrrole nitrogens is 1. The third-order valence-electron chi connectivity index (χ3n) is 5.51. The average Bonchev–Trinajstić information content (AvgIpc) is 3.29. The summed E-state index contributed by atoms with van der Waals surface area (Å²) in [6.07, 6.45) is 4.15. The normalized spacial score (nSPS) is 13.3. The Bertz CT molecular complexity index is 1380. The standard InChI is InChI=1S/C22H20N6OS2/c1-11-7-12(2)18-14(8-11)19-20(25-18)26-22(28-27-19)30-10-17(29)24-21-15(9-23)13-5-3-4-6-16(13)31-21/h7-8H,3-6,10H2,1-2H3,(H,24,29)(H,25,26,28). The van der Waals surface area contributed by atoms with Crippen LogP contribution in [0.3, 0.4) is 0 Å². The summed E-state index contributed by atoms with van der Waals surface area (Å²) in [7, 11) is 0. The van der Waals surface area contributed by atoms with E-state index in [-0.39, 0.29) is 11.7 Å². The highest BCUT2D eigenvalue weighted by Gasteiger charge is 2.22. The van der Waals surface area contributed by atoms with Gasteiger partial charge in [-0.1, -0.05) is 23.4 Å². The van der Waals surface area contributed by atoms with Gasteiger partial charge in [-0.2, -0.15) is 5.26 Å². The van der Waals surface area contributed by atoms with Gasteiger partial charge in [0.1, 0.15) is 16.6 Å².